The molecule has 0 radical (unpaired) electrons. The molecule has 0 saturated heterocycles. The summed E-state index contributed by atoms with van der Waals surface area (Å²) in [6.07, 6.45) is 0. The van der Waals surface area contributed by atoms with Crippen LogP contribution in [0, 0.1) is 0 Å². The minimum Gasteiger partial charge on any atom is -0.477 e. The molecule has 0 amide bonds. The first-order valence-electron chi connectivity index (χ1n) is 4.99. The van der Waals surface area contributed by atoms with Gasteiger partial charge in [-0.2, -0.15) is 0 Å². The minimum atomic E-state index is -3.76. The van der Waals surface area contributed by atoms with E-state index in [1.54, 1.807) is 24.3 Å². The van der Waals surface area contributed by atoms with Crippen molar-refractivity contribution >= 4 is 48.9 Å². The molecule has 0 aliphatic heterocycles. The molecule has 100 valence electrons. The Labute approximate surface area is 122 Å². The molecule has 2 N–H and O–H groups in total. The van der Waals surface area contributed by atoms with E-state index in [0.717, 1.165) is 21.9 Å². The molecule has 2 aromatic rings. The highest BCUT2D eigenvalue weighted by Gasteiger charge is 2.18. The van der Waals surface area contributed by atoms with E-state index in [-0.39, 0.29) is 9.77 Å². The summed E-state index contributed by atoms with van der Waals surface area (Å²) in [5.74, 6) is -1.14. The molecule has 1 heterocycles. The van der Waals surface area contributed by atoms with Crippen molar-refractivity contribution in [1.29, 1.82) is 0 Å². The summed E-state index contributed by atoms with van der Waals surface area (Å²) >= 11 is 4.12. The highest BCUT2D eigenvalue weighted by molar-refractivity contribution is 9.10. The molecule has 1 aromatic carbocycles. The smallest absolute Gasteiger partial charge is 0.345 e. The standard InChI is InChI=1S/C11H8BrNO4S2/c12-7-1-3-8(4-2-7)13-19(16,17)9-5-10(11(14)15)18-6-9/h1-6,13H,(H,14,15). The van der Waals surface area contributed by atoms with Crippen LogP contribution in [-0.2, 0) is 10.0 Å². The molecule has 5 nitrogen and oxygen atoms in total. The largest absolute Gasteiger partial charge is 0.477 e. The normalized spacial score (nSPS) is 11.2. The predicted molar refractivity (Wildman–Crippen MR) is 76.2 cm³/mol. The van der Waals surface area contributed by atoms with Crippen LogP contribution >= 0.6 is 27.3 Å². The Hall–Kier alpha value is -1.38. The number of halogens is 1. The SMILES string of the molecule is O=C(O)c1cc(S(=O)(=O)Nc2ccc(Br)cc2)cs1. The quantitative estimate of drug-likeness (QED) is 0.876. The van der Waals surface area contributed by atoms with Gasteiger partial charge in [-0.25, -0.2) is 13.2 Å². The lowest BCUT2D eigenvalue weighted by Crippen LogP contribution is -2.12. The molecule has 19 heavy (non-hydrogen) atoms. The van der Waals surface area contributed by atoms with E-state index < -0.39 is 16.0 Å². The van der Waals surface area contributed by atoms with Crippen molar-refractivity contribution in [3.05, 3.63) is 45.1 Å². The van der Waals surface area contributed by atoms with Gasteiger partial charge in [-0.05, 0) is 30.3 Å². The number of sulfonamides is 1. The molecule has 0 spiro atoms. The Morgan fingerprint density at radius 2 is 1.89 bits per heavy atom. The van der Waals surface area contributed by atoms with Crippen molar-refractivity contribution in [3.8, 4) is 0 Å². The zero-order valence-corrected chi connectivity index (χ0v) is 12.5. The van der Waals surface area contributed by atoms with E-state index in [4.69, 9.17) is 5.11 Å². The molecule has 0 bridgehead atoms. The van der Waals surface area contributed by atoms with Crippen LogP contribution in [0.3, 0.4) is 0 Å². The summed E-state index contributed by atoms with van der Waals surface area (Å²) in [4.78, 5) is 10.7. The van der Waals surface area contributed by atoms with Crippen molar-refractivity contribution in [2.45, 2.75) is 4.90 Å². The predicted octanol–water partition coefficient (Wildman–Crippen LogP) is 3.01. The third-order valence-corrected chi connectivity index (χ3v) is 5.15. The van der Waals surface area contributed by atoms with Crippen LogP contribution in [0.4, 0.5) is 5.69 Å². The maximum Gasteiger partial charge on any atom is 0.345 e. The Kier molecular flexibility index (Phi) is 3.93. The Bertz CT molecular complexity index is 707. The number of hydrogen-bond acceptors (Lipinski definition) is 4. The fourth-order valence-electron chi connectivity index (χ4n) is 1.30. The second-order valence-corrected chi connectivity index (χ2v) is 7.07. The fraction of sp³-hybridized carbons (Fsp3) is 0. The number of rotatable bonds is 4. The second-order valence-electron chi connectivity index (χ2n) is 3.56. The maximum atomic E-state index is 12.0. The van der Waals surface area contributed by atoms with E-state index >= 15 is 0 Å². The Balaban J connectivity index is 2.26. The van der Waals surface area contributed by atoms with E-state index in [2.05, 4.69) is 20.7 Å². The molecule has 2 rings (SSSR count). The third-order valence-electron chi connectivity index (χ3n) is 2.19. The average molecular weight is 362 g/mol. The number of carbonyl (C=O) groups is 1. The Morgan fingerprint density at radius 1 is 1.26 bits per heavy atom. The Morgan fingerprint density at radius 3 is 2.42 bits per heavy atom. The van der Waals surface area contributed by atoms with Crippen molar-refractivity contribution in [1.82, 2.24) is 0 Å². The molecule has 0 atom stereocenters. The number of benzene rings is 1. The van der Waals surface area contributed by atoms with Gasteiger partial charge in [0.1, 0.15) is 4.88 Å². The molecule has 0 aliphatic carbocycles. The maximum absolute atomic E-state index is 12.0. The summed E-state index contributed by atoms with van der Waals surface area (Å²) in [6.45, 7) is 0. The van der Waals surface area contributed by atoms with Crippen molar-refractivity contribution in [3.63, 3.8) is 0 Å². The van der Waals surface area contributed by atoms with E-state index in [0.29, 0.717) is 5.69 Å². The first-order chi connectivity index (χ1) is 8.88. The van der Waals surface area contributed by atoms with Gasteiger partial charge in [0.15, 0.2) is 0 Å². The molecular formula is C11H8BrNO4S2. The summed E-state index contributed by atoms with van der Waals surface area (Å²) in [6, 6.07) is 7.74. The number of anilines is 1. The molecule has 0 unspecified atom stereocenters. The topological polar surface area (TPSA) is 83.5 Å². The number of thiophene rings is 1. The fourth-order valence-corrected chi connectivity index (χ4v) is 3.74. The van der Waals surface area contributed by atoms with Gasteiger partial charge in [0, 0.05) is 15.5 Å². The van der Waals surface area contributed by atoms with Gasteiger partial charge >= 0.3 is 5.97 Å². The van der Waals surface area contributed by atoms with Crippen molar-refractivity contribution in [2.75, 3.05) is 4.72 Å². The van der Waals surface area contributed by atoms with Crippen LogP contribution in [0.5, 0.6) is 0 Å². The van der Waals surface area contributed by atoms with Gasteiger partial charge in [0.05, 0.1) is 4.90 Å². The van der Waals surface area contributed by atoms with E-state index in [9.17, 15) is 13.2 Å². The highest BCUT2D eigenvalue weighted by atomic mass is 79.9. The van der Waals surface area contributed by atoms with Crippen LogP contribution in [0.25, 0.3) is 0 Å². The summed E-state index contributed by atoms with van der Waals surface area (Å²) in [5.41, 5.74) is 0.409. The number of hydrogen-bond donors (Lipinski definition) is 2. The van der Waals surface area contributed by atoms with Gasteiger partial charge in [0.2, 0.25) is 0 Å². The first kappa shape index (κ1) is 14.0. The van der Waals surface area contributed by atoms with Crippen LogP contribution in [0.2, 0.25) is 0 Å². The molecular weight excluding hydrogens is 354 g/mol. The zero-order valence-electron chi connectivity index (χ0n) is 9.33. The van der Waals surface area contributed by atoms with E-state index in [1.807, 2.05) is 0 Å². The molecule has 8 heteroatoms. The third kappa shape index (κ3) is 3.34. The summed E-state index contributed by atoms with van der Waals surface area (Å²) in [5, 5.41) is 10.1. The molecule has 0 aliphatic rings. The number of nitrogens with one attached hydrogen (secondary N) is 1. The van der Waals surface area contributed by atoms with Gasteiger partial charge in [0.25, 0.3) is 10.0 Å². The number of aromatic carboxylic acids is 1. The van der Waals surface area contributed by atoms with Crippen LogP contribution in [0.15, 0.2) is 45.1 Å². The lowest BCUT2D eigenvalue weighted by atomic mass is 10.3. The molecule has 0 fully saturated rings. The summed E-state index contributed by atoms with van der Waals surface area (Å²) < 4.78 is 27.2. The monoisotopic (exact) mass is 361 g/mol. The number of carboxylic acids is 1. The van der Waals surface area contributed by atoms with Crippen molar-refractivity contribution < 1.29 is 18.3 Å². The number of carboxylic acid groups (broad SMARTS) is 1. The average Bonchev–Trinajstić information content (AvgIpc) is 2.82. The van der Waals surface area contributed by atoms with E-state index in [1.165, 1.54) is 5.38 Å². The molecule has 0 saturated carbocycles. The van der Waals surface area contributed by atoms with Gasteiger partial charge < -0.3 is 5.11 Å². The molecule has 1 aromatic heterocycles. The van der Waals surface area contributed by atoms with Crippen LogP contribution in [-0.4, -0.2) is 19.5 Å². The van der Waals surface area contributed by atoms with Gasteiger partial charge in [-0.15, -0.1) is 11.3 Å². The lowest BCUT2D eigenvalue weighted by Gasteiger charge is -2.06. The lowest BCUT2D eigenvalue weighted by molar-refractivity contribution is 0.0702. The highest BCUT2D eigenvalue weighted by Crippen LogP contribution is 2.22. The van der Waals surface area contributed by atoms with Crippen LogP contribution < -0.4 is 4.72 Å². The summed E-state index contributed by atoms with van der Waals surface area (Å²) in [7, 11) is -3.76. The van der Waals surface area contributed by atoms with Crippen molar-refractivity contribution in [2.24, 2.45) is 0 Å². The second kappa shape index (κ2) is 5.32. The zero-order chi connectivity index (χ0) is 14.0. The first-order valence-corrected chi connectivity index (χ1v) is 8.14. The van der Waals surface area contributed by atoms with Crippen LogP contribution in [0.1, 0.15) is 9.67 Å². The van der Waals surface area contributed by atoms with Gasteiger partial charge in [-0.1, -0.05) is 15.9 Å². The minimum absolute atomic E-state index is 0.0174. The van der Waals surface area contributed by atoms with Gasteiger partial charge in [-0.3, -0.25) is 4.72 Å².